The molecule has 0 aromatic heterocycles. The van der Waals surface area contributed by atoms with Gasteiger partial charge in [-0.2, -0.15) is 0 Å². The summed E-state index contributed by atoms with van der Waals surface area (Å²) < 4.78 is 0. The molecule has 0 amide bonds. The summed E-state index contributed by atoms with van der Waals surface area (Å²) in [6.45, 7) is 1.97. The van der Waals surface area contributed by atoms with Crippen molar-refractivity contribution in [3.63, 3.8) is 0 Å². The van der Waals surface area contributed by atoms with Crippen molar-refractivity contribution in [2.24, 2.45) is 4.99 Å². The Bertz CT molecular complexity index is 243. The fourth-order valence-electron chi connectivity index (χ4n) is 0.800. The average Bonchev–Trinajstić information content (AvgIpc) is 2.16. The first-order chi connectivity index (χ1) is 5.83. The second-order valence-corrected chi connectivity index (χ2v) is 2.72. The molecule has 0 aliphatic carbocycles. The van der Waals surface area contributed by atoms with Crippen molar-refractivity contribution in [2.45, 2.75) is 13.0 Å². The molecule has 0 saturated heterocycles. The van der Waals surface area contributed by atoms with Crippen molar-refractivity contribution in [1.82, 2.24) is 0 Å². The lowest BCUT2D eigenvalue weighted by Gasteiger charge is -1.98. The highest BCUT2D eigenvalue weighted by Gasteiger charge is 1.91. The van der Waals surface area contributed by atoms with Gasteiger partial charge in [-0.1, -0.05) is 30.3 Å². The van der Waals surface area contributed by atoms with Gasteiger partial charge >= 0.3 is 0 Å². The molecule has 1 N–H and O–H groups in total. The van der Waals surface area contributed by atoms with Gasteiger partial charge in [0.05, 0.1) is 12.6 Å². The zero-order valence-electron chi connectivity index (χ0n) is 7.14. The second kappa shape index (κ2) is 4.67. The van der Waals surface area contributed by atoms with Crippen LogP contribution in [0.15, 0.2) is 35.3 Å². The number of nitrogens with zero attached hydrogens (tertiary/aromatic N) is 1. The van der Waals surface area contributed by atoms with Gasteiger partial charge < -0.3 is 5.11 Å². The summed E-state index contributed by atoms with van der Waals surface area (Å²) in [4.78, 5) is 4.14. The van der Waals surface area contributed by atoms with E-state index in [1.54, 1.807) is 6.21 Å². The third-order valence-corrected chi connectivity index (χ3v) is 1.54. The molecule has 12 heavy (non-hydrogen) atoms. The van der Waals surface area contributed by atoms with Crippen molar-refractivity contribution in [3.05, 3.63) is 35.9 Å². The van der Waals surface area contributed by atoms with Crippen LogP contribution in [0.1, 0.15) is 12.5 Å². The Kier molecular flexibility index (Phi) is 3.48. The van der Waals surface area contributed by atoms with Gasteiger partial charge in [-0.3, -0.25) is 4.99 Å². The maximum atomic E-state index is 8.70. The van der Waals surface area contributed by atoms with Gasteiger partial charge in [-0.15, -0.1) is 0 Å². The lowest BCUT2D eigenvalue weighted by molar-refractivity contribution is 0.275. The lowest BCUT2D eigenvalue weighted by Crippen LogP contribution is -2.03. The van der Waals surface area contributed by atoms with Gasteiger partial charge in [0.1, 0.15) is 0 Å². The van der Waals surface area contributed by atoms with Crippen LogP contribution in [0.2, 0.25) is 0 Å². The van der Waals surface area contributed by atoms with E-state index in [9.17, 15) is 0 Å². The van der Waals surface area contributed by atoms with Crippen molar-refractivity contribution in [1.29, 1.82) is 0 Å². The average molecular weight is 163 g/mol. The molecule has 0 spiro atoms. The molecular formula is C10H13NO. The Morgan fingerprint density at radius 1 is 1.42 bits per heavy atom. The summed E-state index contributed by atoms with van der Waals surface area (Å²) in [5.41, 5.74) is 1.07. The number of hydrogen-bond donors (Lipinski definition) is 1. The Morgan fingerprint density at radius 2 is 2.08 bits per heavy atom. The number of hydrogen-bond acceptors (Lipinski definition) is 2. The molecule has 0 radical (unpaired) electrons. The molecule has 0 heterocycles. The molecule has 1 atom stereocenters. The van der Waals surface area contributed by atoms with Crippen LogP contribution >= 0.6 is 0 Å². The standard InChI is InChI=1S/C10H13NO/c1-9(8-12)11-7-10-5-3-2-4-6-10/h2-7,9,12H,8H2,1H3/t9-/m1/s1. The first-order valence-corrected chi connectivity index (χ1v) is 4.02. The van der Waals surface area contributed by atoms with E-state index in [0.29, 0.717) is 0 Å². The van der Waals surface area contributed by atoms with Crippen LogP contribution in [-0.4, -0.2) is 24.0 Å². The quantitative estimate of drug-likeness (QED) is 0.673. The summed E-state index contributed by atoms with van der Waals surface area (Å²) in [6.07, 6.45) is 1.78. The number of rotatable bonds is 3. The third-order valence-electron chi connectivity index (χ3n) is 1.54. The zero-order valence-corrected chi connectivity index (χ0v) is 7.14. The highest BCUT2D eigenvalue weighted by Crippen LogP contribution is 1.95. The fraction of sp³-hybridized carbons (Fsp3) is 0.300. The van der Waals surface area contributed by atoms with Crippen molar-refractivity contribution >= 4 is 6.21 Å². The minimum Gasteiger partial charge on any atom is -0.394 e. The van der Waals surface area contributed by atoms with Gasteiger partial charge in [0.25, 0.3) is 0 Å². The second-order valence-electron chi connectivity index (χ2n) is 2.72. The molecule has 2 heteroatoms. The van der Waals surface area contributed by atoms with E-state index in [4.69, 9.17) is 5.11 Å². The normalized spacial score (nSPS) is 13.5. The number of aliphatic hydroxyl groups excluding tert-OH is 1. The fourth-order valence-corrected chi connectivity index (χ4v) is 0.800. The molecule has 1 rings (SSSR count). The predicted molar refractivity (Wildman–Crippen MR) is 50.6 cm³/mol. The van der Waals surface area contributed by atoms with Crippen LogP contribution in [0.3, 0.4) is 0 Å². The van der Waals surface area contributed by atoms with Crippen molar-refractivity contribution < 1.29 is 5.11 Å². The van der Waals surface area contributed by atoms with Crippen LogP contribution in [0.25, 0.3) is 0 Å². The first-order valence-electron chi connectivity index (χ1n) is 4.02. The molecule has 1 aromatic rings. The van der Waals surface area contributed by atoms with E-state index in [2.05, 4.69) is 4.99 Å². The first kappa shape index (κ1) is 8.94. The third kappa shape index (κ3) is 2.84. The molecule has 0 unspecified atom stereocenters. The Balaban J connectivity index is 2.58. The van der Waals surface area contributed by atoms with Gasteiger partial charge in [-0.05, 0) is 12.5 Å². The molecule has 2 nitrogen and oxygen atoms in total. The van der Waals surface area contributed by atoms with E-state index in [0.717, 1.165) is 5.56 Å². The summed E-state index contributed by atoms with van der Waals surface area (Å²) in [6, 6.07) is 9.84. The van der Waals surface area contributed by atoms with Gasteiger partial charge in [0.2, 0.25) is 0 Å². The molecule has 0 bridgehead atoms. The van der Waals surface area contributed by atoms with Gasteiger partial charge in [-0.25, -0.2) is 0 Å². The summed E-state index contributed by atoms with van der Waals surface area (Å²) >= 11 is 0. The number of benzene rings is 1. The van der Waals surface area contributed by atoms with E-state index in [1.807, 2.05) is 37.3 Å². The number of aliphatic imine (C=N–C) groups is 1. The zero-order chi connectivity index (χ0) is 8.81. The van der Waals surface area contributed by atoms with Crippen LogP contribution in [-0.2, 0) is 0 Å². The smallest absolute Gasteiger partial charge is 0.0702 e. The largest absolute Gasteiger partial charge is 0.394 e. The van der Waals surface area contributed by atoms with Gasteiger partial charge in [0.15, 0.2) is 0 Å². The van der Waals surface area contributed by atoms with Crippen molar-refractivity contribution in [3.8, 4) is 0 Å². The highest BCUT2D eigenvalue weighted by molar-refractivity contribution is 5.79. The van der Waals surface area contributed by atoms with Crippen LogP contribution < -0.4 is 0 Å². The van der Waals surface area contributed by atoms with Gasteiger partial charge in [0, 0.05) is 6.21 Å². The molecule has 0 aliphatic heterocycles. The minimum absolute atomic E-state index is 0.00907. The summed E-state index contributed by atoms with van der Waals surface area (Å²) in [5.74, 6) is 0. The summed E-state index contributed by atoms with van der Waals surface area (Å²) in [7, 11) is 0. The summed E-state index contributed by atoms with van der Waals surface area (Å²) in [5, 5.41) is 8.70. The maximum absolute atomic E-state index is 8.70. The van der Waals surface area contributed by atoms with Crippen LogP contribution in [0.5, 0.6) is 0 Å². The molecule has 0 fully saturated rings. The minimum atomic E-state index is -0.00907. The SMILES string of the molecule is C[C@H](CO)N=Cc1ccccc1. The predicted octanol–water partition coefficient (Wildman–Crippen LogP) is 1.49. The van der Waals surface area contributed by atoms with E-state index < -0.39 is 0 Å². The van der Waals surface area contributed by atoms with Crippen LogP contribution in [0, 0.1) is 0 Å². The molecule has 0 aliphatic rings. The molecule has 0 saturated carbocycles. The van der Waals surface area contributed by atoms with E-state index in [1.165, 1.54) is 0 Å². The topological polar surface area (TPSA) is 32.6 Å². The molecular weight excluding hydrogens is 150 g/mol. The number of aliphatic hydroxyl groups is 1. The van der Waals surface area contributed by atoms with E-state index >= 15 is 0 Å². The van der Waals surface area contributed by atoms with Crippen LogP contribution in [0.4, 0.5) is 0 Å². The maximum Gasteiger partial charge on any atom is 0.0702 e. The molecule has 64 valence electrons. The Hall–Kier alpha value is -1.15. The Morgan fingerprint density at radius 3 is 2.67 bits per heavy atom. The molecule has 1 aromatic carbocycles. The monoisotopic (exact) mass is 163 g/mol. The van der Waals surface area contributed by atoms with E-state index in [-0.39, 0.29) is 12.6 Å². The lowest BCUT2D eigenvalue weighted by atomic mass is 10.2. The van der Waals surface area contributed by atoms with Crippen molar-refractivity contribution in [2.75, 3.05) is 6.61 Å². The highest BCUT2D eigenvalue weighted by atomic mass is 16.3. The Labute approximate surface area is 72.6 Å².